The summed E-state index contributed by atoms with van der Waals surface area (Å²) in [5.41, 5.74) is 1.90. The van der Waals surface area contributed by atoms with Crippen molar-refractivity contribution in [1.29, 1.82) is 0 Å². The van der Waals surface area contributed by atoms with Crippen LogP contribution in [-0.4, -0.2) is 46.7 Å². The largest absolute Gasteiger partial charge is 0.497 e. The minimum atomic E-state index is -0.524. The molecule has 1 unspecified atom stereocenters. The third kappa shape index (κ3) is 5.00. The van der Waals surface area contributed by atoms with Crippen LogP contribution >= 0.6 is 11.3 Å². The smallest absolute Gasteiger partial charge is 0.318 e. The van der Waals surface area contributed by atoms with Crippen molar-refractivity contribution in [2.45, 2.75) is 25.4 Å². The predicted molar refractivity (Wildman–Crippen MR) is 119 cm³/mol. The van der Waals surface area contributed by atoms with E-state index in [9.17, 15) is 9.59 Å². The second kappa shape index (κ2) is 9.57. The Morgan fingerprint density at radius 2 is 1.90 bits per heavy atom. The van der Waals surface area contributed by atoms with E-state index in [1.165, 1.54) is 11.3 Å². The first-order chi connectivity index (χ1) is 15.1. The van der Waals surface area contributed by atoms with Gasteiger partial charge in [0.15, 0.2) is 0 Å². The lowest BCUT2D eigenvalue weighted by molar-refractivity contribution is -0.119. The lowest BCUT2D eigenvalue weighted by atomic mass is 10.2. The van der Waals surface area contributed by atoms with Crippen LogP contribution in [0.3, 0.4) is 0 Å². The molecule has 2 heterocycles. The molecule has 3 amide bonds. The van der Waals surface area contributed by atoms with Gasteiger partial charge in [0.1, 0.15) is 16.8 Å². The quantitative estimate of drug-likeness (QED) is 0.615. The van der Waals surface area contributed by atoms with Crippen LogP contribution < -0.4 is 15.4 Å². The minimum Gasteiger partial charge on any atom is -0.497 e. The second-order valence-electron chi connectivity index (χ2n) is 7.13. The molecule has 9 heteroatoms. The summed E-state index contributed by atoms with van der Waals surface area (Å²) in [4.78, 5) is 27.0. The summed E-state index contributed by atoms with van der Waals surface area (Å²) in [5, 5.41) is 15.1. The van der Waals surface area contributed by atoms with Crippen LogP contribution in [0, 0.1) is 0 Å². The third-order valence-electron chi connectivity index (χ3n) is 5.09. The van der Waals surface area contributed by atoms with Gasteiger partial charge in [0, 0.05) is 18.7 Å². The first kappa shape index (κ1) is 20.8. The SMILES string of the molecule is COc1ccc(-c2nnc(NC(=O)C3CCCN3C(=O)NCc3ccccc3)s2)cc1. The molecule has 2 N–H and O–H groups in total. The molecule has 3 aromatic rings. The highest BCUT2D eigenvalue weighted by atomic mass is 32.1. The summed E-state index contributed by atoms with van der Waals surface area (Å²) >= 11 is 1.29. The van der Waals surface area contributed by atoms with E-state index in [-0.39, 0.29) is 11.9 Å². The first-order valence-corrected chi connectivity index (χ1v) is 10.8. The molecule has 0 spiro atoms. The van der Waals surface area contributed by atoms with Crippen molar-refractivity contribution in [3.05, 3.63) is 60.2 Å². The zero-order chi connectivity index (χ0) is 21.6. The Bertz CT molecular complexity index is 1040. The van der Waals surface area contributed by atoms with Gasteiger partial charge in [0.25, 0.3) is 0 Å². The number of hydrogen-bond acceptors (Lipinski definition) is 6. The fraction of sp³-hybridized carbons (Fsp3) is 0.273. The van der Waals surface area contributed by atoms with Crippen LogP contribution in [0.5, 0.6) is 5.75 Å². The third-order valence-corrected chi connectivity index (χ3v) is 5.98. The Morgan fingerprint density at radius 3 is 2.65 bits per heavy atom. The molecule has 1 aliphatic rings. The number of aromatic nitrogens is 2. The molecule has 160 valence electrons. The van der Waals surface area contributed by atoms with Crippen LogP contribution in [0.15, 0.2) is 54.6 Å². The number of benzene rings is 2. The lowest BCUT2D eigenvalue weighted by Gasteiger charge is -2.23. The first-order valence-electron chi connectivity index (χ1n) is 10.0. The standard InChI is InChI=1S/C22H23N5O3S/c1-30-17-11-9-16(10-12-17)20-25-26-21(31-20)24-19(28)18-8-5-13-27(18)22(29)23-14-15-6-3-2-4-7-15/h2-4,6-7,9-12,18H,5,8,13-14H2,1H3,(H,23,29)(H,24,26,28). The molecule has 2 aromatic carbocycles. The topological polar surface area (TPSA) is 96.5 Å². The van der Waals surface area contributed by atoms with Crippen LogP contribution in [0.1, 0.15) is 18.4 Å². The van der Waals surface area contributed by atoms with Crippen LogP contribution in [0.2, 0.25) is 0 Å². The Hall–Kier alpha value is -3.46. The number of urea groups is 1. The average molecular weight is 438 g/mol. The Balaban J connectivity index is 1.36. The Labute approximate surface area is 184 Å². The van der Waals surface area contributed by atoms with Crippen molar-refractivity contribution in [3.63, 3.8) is 0 Å². The summed E-state index contributed by atoms with van der Waals surface area (Å²) in [6.45, 7) is 0.970. The van der Waals surface area contributed by atoms with Crippen molar-refractivity contribution in [2.75, 3.05) is 19.0 Å². The Morgan fingerprint density at radius 1 is 1.13 bits per heavy atom. The highest BCUT2D eigenvalue weighted by Gasteiger charge is 2.34. The monoisotopic (exact) mass is 437 g/mol. The van der Waals surface area contributed by atoms with Gasteiger partial charge in [-0.05, 0) is 42.7 Å². The number of carbonyl (C=O) groups excluding carboxylic acids is 2. The van der Waals surface area contributed by atoms with E-state index < -0.39 is 6.04 Å². The van der Waals surface area contributed by atoms with Crippen LogP contribution in [0.25, 0.3) is 10.6 Å². The summed E-state index contributed by atoms with van der Waals surface area (Å²) in [7, 11) is 1.61. The second-order valence-corrected chi connectivity index (χ2v) is 8.10. The molecular weight excluding hydrogens is 414 g/mol. The molecule has 1 atom stereocenters. The number of ether oxygens (including phenoxy) is 1. The summed E-state index contributed by atoms with van der Waals surface area (Å²) in [6.07, 6.45) is 1.40. The van der Waals surface area contributed by atoms with Gasteiger partial charge in [-0.1, -0.05) is 41.7 Å². The zero-order valence-corrected chi connectivity index (χ0v) is 17.9. The molecule has 1 aromatic heterocycles. The van der Waals surface area contributed by atoms with E-state index in [1.807, 2.05) is 54.6 Å². The van der Waals surface area contributed by atoms with Crippen molar-refractivity contribution >= 4 is 28.4 Å². The lowest BCUT2D eigenvalue weighted by Crippen LogP contribution is -2.47. The number of likely N-dealkylation sites (tertiary alicyclic amines) is 1. The van der Waals surface area contributed by atoms with Crippen LogP contribution in [-0.2, 0) is 11.3 Å². The molecule has 1 saturated heterocycles. The van der Waals surface area contributed by atoms with Gasteiger partial charge in [0.2, 0.25) is 11.0 Å². The van der Waals surface area contributed by atoms with E-state index in [4.69, 9.17) is 4.74 Å². The fourth-order valence-electron chi connectivity index (χ4n) is 3.47. The molecule has 0 bridgehead atoms. The molecule has 1 aliphatic heterocycles. The highest BCUT2D eigenvalue weighted by molar-refractivity contribution is 7.18. The van der Waals surface area contributed by atoms with Crippen molar-refractivity contribution in [2.24, 2.45) is 0 Å². The van der Waals surface area contributed by atoms with Gasteiger partial charge < -0.3 is 15.0 Å². The minimum absolute atomic E-state index is 0.238. The molecule has 0 radical (unpaired) electrons. The van der Waals surface area contributed by atoms with Gasteiger partial charge >= 0.3 is 6.03 Å². The van der Waals surface area contributed by atoms with Gasteiger partial charge in [-0.3, -0.25) is 10.1 Å². The Kier molecular flexibility index (Phi) is 6.42. The molecule has 1 fully saturated rings. The van der Waals surface area contributed by atoms with Crippen molar-refractivity contribution in [3.8, 4) is 16.3 Å². The maximum Gasteiger partial charge on any atom is 0.318 e. The van der Waals surface area contributed by atoms with E-state index in [0.29, 0.717) is 29.6 Å². The predicted octanol–water partition coefficient (Wildman–Crippen LogP) is 3.53. The number of nitrogens with one attached hydrogen (secondary N) is 2. The van der Waals surface area contributed by atoms with Gasteiger partial charge in [-0.15, -0.1) is 10.2 Å². The molecule has 0 saturated carbocycles. The van der Waals surface area contributed by atoms with Gasteiger partial charge in [0.05, 0.1) is 7.11 Å². The van der Waals surface area contributed by atoms with E-state index in [1.54, 1.807) is 12.0 Å². The molecule has 31 heavy (non-hydrogen) atoms. The fourth-order valence-corrected chi connectivity index (χ4v) is 4.22. The van der Waals surface area contributed by atoms with E-state index >= 15 is 0 Å². The number of methoxy groups -OCH3 is 1. The van der Waals surface area contributed by atoms with E-state index in [0.717, 1.165) is 23.3 Å². The number of nitrogens with zero attached hydrogens (tertiary/aromatic N) is 3. The number of carbonyl (C=O) groups is 2. The summed E-state index contributed by atoms with van der Waals surface area (Å²) in [6, 6.07) is 16.4. The normalized spacial score (nSPS) is 15.5. The molecule has 8 nitrogen and oxygen atoms in total. The van der Waals surface area contributed by atoms with Gasteiger partial charge in [-0.25, -0.2) is 4.79 Å². The molecular formula is C22H23N5O3S. The maximum atomic E-state index is 12.8. The highest BCUT2D eigenvalue weighted by Crippen LogP contribution is 2.28. The molecule has 0 aliphatic carbocycles. The zero-order valence-electron chi connectivity index (χ0n) is 17.1. The maximum absolute atomic E-state index is 12.8. The number of amides is 3. The number of hydrogen-bond donors (Lipinski definition) is 2. The molecule has 4 rings (SSSR count). The number of anilines is 1. The van der Waals surface area contributed by atoms with E-state index in [2.05, 4.69) is 20.8 Å². The number of rotatable bonds is 6. The van der Waals surface area contributed by atoms with Gasteiger partial charge in [-0.2, -0.15) is 0 Å². The van der Waals surface area contributed by atoms with Crippen LogP contribution in [0.4, 0.5) is 9.93 Å². The average Bonchev–Trinajstić information content (AvgIpc) is 3.48. The van der Waals surface area contributed by atoms with Crippen molar-refractivity contribution < 1.29 is 14.3 Å². The summed E-state index contributed by atoms with van der Waals surface area (Å²) < 4.78 is 5.16. The summed E-state index contributed by atoms with van der Waals surface area (Å²) in [5.74, 6) is 0.512. The van der Waals surface area contributed by atoms with Crippen molar-refractivity contribution in [1.82, 2.24) is 20.4 Å².